The number of hydrogen-bond acceptors (Lipinski definition) is 8. The molecule has 0 unspecified atom stereocenters. The van der Waals surface area contributed by atoms with Gasteiger partial charge < -0.3 is 4.57 Å². The summed E-state index contributed by atoms with van der Waals surface area (Å²) in [6.07, 6.45) is 1.08. The fraction of sp³-hybridized carbons (Fsp3) is 0.0101. The van der Waals surface area contributed by atoms with Gasteiger partial charge in [-0.1, -0.05) is 291 Å². The zero-order chi connectivity index (χ0) is 72.3. The highest BCUT2D eigenvalue weighted by Gasteiger charge is 2.24. The summed E-state index contributed by atoms with van der Waals surface area (Å²) in [5, 5.41) is 13.0. The van der Waals surface area contributed by atoms with Crippen molar-refractivity contribution in [2.75, 3.05) is 0 Å². The molecule has 21 aromatic rings. The lowest BCUT2D eigenvalue weighted by atomic mass is 10.0. The zero-order valence-electron chi connectivity index (χ0n) is 58.7. The van der Waals surface area contributed by atoms with Gasteiger partial charge in [-0.15, -0.1) is 22.7 Å². The molecular weight excluding hydrogens is 1390 g/mol. The smallest absolute Gasteiger partial charge is 0.166 e. The van der Waals surface area contributed by atoms with E-state index in [1.54, 1.807) is 22.7 Å². The molecule has 22 rings (SSSR count). The third-order valence-corrected chi connectivity index (χ3v) is 23.5. The van der Waals surface area contributed by atoms with Crippen molar-refractivity contribution < 1.29 is 0 Å². The molecule has 512 valence electrons. The first kappa shape index (κ1) is 65.1. The zero-order valence-corrected chi connectivity index (χ0v) is 61.1. The Morgan fingerprint density at radius 3 is 1.24 bits per heavy atom. The van der Waals surface area contributed by atoms with Crippen LogP contribution >= 0.6 is 34.3 Å². The highest BCUT2D eigenvalue weighted by atomic mass is 35.5. The highest BCUT2D eigenvalue weighted by Crippen LogP contribution is 2.45. The Balaban J connectivity index is 0.000000122. The standard InChI is InChI=1S/C49H30N4S.C33H20ClN3S.C17H12/c1-2-14-31(15-3-1)32-18-12-19-35(28-32)47-50-48(52-49(51-47)40-24-13-23-38-37-21-8-11-27-45(37)54-46(38)40)39-22-7-10-26-43(39)53-42-25-9-6-20-36(42)41-29-33-16-4-5-17-34(33)30-44(41)53;34-28-18-6-4-15-26(28)32-35-31(23-13-8-12-22(20-23)21-10-2-1-3-11-21)36-33(37-32)27-17-9-16-25-24-14-5-7-19-29(24)38-30(25)27;1-2-6-13-11-17-15(9-12(13)5-1)10-14-7-3-4-8-16(14)17/h1-30H;1-20H;1-9,11H,10H2. The summed E-state index contributed by atoms with van der Waals surface area (Å²) < 4.78 is 7.19. The molecular formula is C99H62ClN7S2. The lowest BCUT2D eigenvalue weighted by molar-refractivity contribution is 1.07. The van der Waals surface area contributed by atoms with Crippen molar-refractivity contribution >= 4 is 118 Å². The van der Waals surface area contributed by atoms with Crippen LogP contribution in [0.5, 0.6) is 0 Å². The second-order valence-electron chi connectivity index (χ2n) is 27.3. The number of nitrogens with zero attached hydrogens (tertiary/aromatic N) is 7. The molecule has 0 saturated heterocycles. The molecule has 1 aliphatic carbocycles. The summed E-state index contributed by atoms with van der Waals surface area (Å²) in [5.41, 5.74) is 19.1. The average molecular weight is 1450 g/mol. The Kier molecular flexibility index (Phi) is 16.6. The molecule has 0 spiro atoms. The maximum Gasteiger partial charge on any atom is 0.166 e. The van der Waals surface area contributed by atoms with E-state index < -0.39 is 0 Å². The second-order valence-corrected chi connectivity index (χ2v) is 29.8. The normalized spacial score (nSPS) is 11.7. The van der Waals surface area contributed by atoms with Crippen molar-refractivity contribution in [3.8, 4) is 107 Å². The fourth-order valence-corrected chi connectivity index (χ4v) is 18.2. The number of rotatable bonds is 9. The maximum atomic E-state index is 6.61. The van der Waals surface area contributed by atoms with Gasteiger partial charge in [-0.2, -0.15) is 0 Å². The summed E-state index contributed by atoms with van der Waals surface area (Å²) in [5.74, 6) is 3.71. The second kappa shape index (κ2) is 27.8. The maximum absolute atomic E-state index is 6.61. The van der Waals surface area contributed by atoms with Crippen LogP contribution in [0, 0.1) is 0 Å². The molecule has 0 bridgehead atoms. The molecule has 0 amide bonds. The first-order valence-electron chi connectivity index (χ1n) is 36.4. The Hall–Kier alpha value is -13.4. The third kappa shape index (κ3) is 12.1. The van der Waals surface area contributed by atoms with Gasteiger partial charge in [0.25, 0.3) is 0 Å². The van der Waals surface area contributed by atoms with E-state index in [2.05, 4.69) is 308 Å². The van der Waals surface area contributed by atoms with E-state index in [0.29, 0.717) is 40.0 Å². The van der Waals surface area contributed by atoms with Crippen LogP contribution < -0.4 is 0 Å². The number of para-hydroxylation sites is 2. The van der Waals surface area contributed by atoms with Crippen molar-refractivity contribution in [3.63, 3.8) is 0 Å². The number of halogens is 1. The van der Waals surface area contributed by atoms with Crippen LogP contribution in [0.4, 0.5) is 0 Å². The van der Waals surface area contributed by atoms with Gasteiger partial charge in [-0.25, -0.2) is 29.9 Å². The van der Waals surface area contributed by atoms with Crippen LogP contribution in [-0.2, 0) is 6.42 Å². The number of aromatic nitrogens is 7. The molecule has 0 aliphatic heterocycles. The van der Waals surface area contributed by atoms with Gasteiger partial charge >= 0.3 is 0 Å². The SMILES string of the molecule is Clc1ccccc1-c1nc(-c2cccc(-c3ccccc3)c2)nc(-c2cccc3c2sc2ccccc23)n1.c1ccc(-c2cccc(-c3nc(-c4ccccc4-n4c5ccccc5c5cc6ccccc6cc54)nc(-c4cccc5c4sc4ccccc45)n3)c2)cc1.c1ccc2c(c1)Cc1cc3ccccc3cc1-2. The molecule has 0 radical (unpaired) electrons. The van der Waals surface area contributed by atoms with E-state index in [1.165, 1.54) is 90.2 Å². The Labute approximate surface area is 641 Å². The van der Waals surface area contributed by atoms with Gasteiger partial charge in [0.15, 0.2) is 34.9 Å². The number of benzene rings is 16. The van der Waals surface area contributed by atoms with E-state index in [9.17, 15) is 0 Å². The van der Waals surface area contributed by atoms with Gasteiger partial charge in [0.2, 0.25) is 0 Å². The average Bonchev–Trinajstić information content (AvgIpc) is 1.64. The monoisotopic (exact) mass is 1450 g/mol. The van der Waals surface area contributed by atoms with Gasteiger partial charge in [0.1, 0.15) is 0 Å². The third-order valence-electron chi connectivity index (χ3n) is 20.7. The van der Waals surface area contributed by atoms with Crippen molar-refractivity contribution in [2.24, 2.45) is 0 Å². The van der Waals surface area contributed by atoms with Gasteiger partial charge in [-0.05, 0) is 157 Å². The van der Waals surface area contributed by atoms with E-state index in [-0.39, 0.29) is 0 Å². The van der Waals surface area contributed by atoms with Crippen LogP contribution in [0.3, 0.4) is 0 Å². The Morgan fingerprint density at radius 2 is 0.642 bits per heavy atom. The molecule has 1 aliphatic rings. The molecule has 0 saturated carbocycles. The van der Waals surface area contributed by atoms with Gasteiger partial charge in [0, 0.05) is 84.5 Å². The van der Waals surface area contributed by atoms with Crippen LogP contribution in [0.2, 0.25) is 5.02 Å². The summed E-state index contributed by atoms with van der Waals surface area (Å²) in [4.78, 5) is 30.8. The summed E-state index contributed by atoms with van der Waals surface area (Å²) in [6, 6.07) is 128. The van der Waals surface area contributed by atoms with Crippen LogP contribution in [0.25, 0.3) is 191 Å². The molecule has 5 aromatic heterocycles. The number of hydrogen-bond donors (Lipinski definition) is 0. The van der Waals surface area contributed by atoms with Crippen molar-refractivity contribution in [3.05, 3.63) is 380 Å². The number of thiophene rings is 2. The van der Waals surface area contributed by atoms with E-state index >= 15 is 0 Å². The van der Waals surface area contributed by atoms with Gasteiger partial charge in [0.05, 0.1) is 21.7 Å². The van der Waals surface area contributed by atoms with Crippen molar-refractivity contribution in [1.82, 2.24) is 34.5 Å². The highest BCUT2D eigenvalue weighted by molar-refractivity contribution is 7.26. The molecule has 5 heterocycles. The predicted octanol–water partition coefficient (Wildman–Crippen LogP) is 27.1. The summed E-state index contributed by atoms with van der Waals surface area (Å²) in [6.45, 7) is 0. The van der Waals surface area contributed by atoms with E-state index in [1.807, 2.05) is 60.7 Å². The predicted molar refractivity (Wildman–Crippen MR) is 458 cm³/mol. The molecule has 109 heavy (non-hydrogen) atoms. The lowest BCUT2D eigenvalue weighted by Gasteiger charge is -2.15. The minimum atomic E-state index is 0.554. The largest absolute Gasteiger partial charge is 0.308 e. The quantitative estimate of drug-likeness (QED) is 0.143. The number of fused-ring (bicyclic) bond motifs is 14. The van der Waals surface area contributed by atoms with Gasteiger partial charge in [-0.3, -0.25) is 0 Å². The summed E-state index contributed by atoms with van der Waals surface area (Å²) in [7, 11) is 0. The van der Waals surface area contributed by atoms with Crippen molar-refractivity contribution in [1.29, 1.82) is 0 Å². The van der Waals surface area contributed by atoms with E-state index in [4.69, 9.17) is 41.5 Å². The molecule has 0 atom stereocenters. The van der Waals surface area contributed by atoms with Crippen LogP contribution in [-0.4, -0.2) is 34.5 Å². The minimum absolute atomic E-state index is 0.554. The van der Waals surface area contributed by atoms with Crippen molar-refractivity contribution in [2.45, 2.75) is 6.42 Å². The topological polar surface area (TPSA) is 82.3 Å². The molecule has 16 aromatic carbocycles. The molecule has 10 heteroatoms. The Bertz CT molecular complexity index is 7130. The minimum Gasteiger partial charge on any atom is -0.308 e. The van der Waals surface area contributed by atoms with Crippen LogP contribution in [0.15, 0.2) is 364 Å². The van der Waals surface area contributed by atoms with E-state index in [0.717, 1.165) is 83.5 Å². The first-order valence-corrected chi connectivity index (χ1v) is 38.5. The first-order chi connectivity index (χ1) is 53.9. The van der Waals surface area contributed by atoms with Crippen LogP contribution in [0.1, 0.15) is 11.1 Å². The lowest BCUT2D eigenvalue weighted by Crippen LogP contribution is -2.03. The molecule has 0 fully saturated rings. The molecule has 0 N–H and O–H groups in total. The fourth-order valence-electron chi connectivity index (χ4n) is 15.5. The molecule has 7 nitrogen and oxygen atoms in total. The Morgan fingerprint density at radius 1 is 0.239 bits per heavy atom. The summed E-state index contributed by atoms with van der Waals surface area (Å²) >= 11 is 10.2.